The number of Topliss-reactive ketones (excluding diaryl/α,β-unsaturated/α-hetero) is 1. The molecular formula is C18H21NO5S2. The minimum Gasteiger partial charge on any atom is -0.460 e. The zero-order valence-electron chi connectivity index (χ0n) is 14.9. The quantitative estimate of drug-likeness (QED) is 0.452. The van der Waals surface area contributed by atoms with E-state index in [9.17, 15) is 13.8 Å². The zero-order valence-corrected chi connectivity index (χ0v) is 16.5. The van der Waals surface area contributed by atoms with Gasteiger partial charge in [-0.15, -0.1) is 0 Å². The highest BCUT2D eigenvalue weighted by molar-refractivity contribution is 8.35. The lowest BCUT2D eigenvalue weighted by Gasteiger charge is -2.19. The third kappa shape index (κ3) is 5.17. The Labute approximate surface area is 158 Å². The predicted molar refractivity (Wildman–Crippen MR) is 105 cm³/mol. The molecule has 0 heterocycles. The molecule has 1 atom stereocenters. The number of hydrogen-bond acceptors (Lipinski definition) is 7. The highest BCUT2D eigenvalue weighted by Crippen LogP contribution is 2.30. The van der Waals surface area contributed by atoms with Crippen molar-refractivity contribution in [3.05, 3.63) is 53.6 Å². The van der Waals surface area contributed by atoms with Gasteiger partial charge in [0, 0.05) is 27.9 Å². The number of ketones is 1. The average Bonchev–Trinajstić information content (AvgIpc) is 2.63. The second kappa shape index (κ2) is 9.51. The molecule has 1 aliphatic carbocycles. The van der Waals surface area contributed by atoms with E-state index in [0.29, 0.717) is 5.56 Å². The van der Waals surface area contributed by atoms with Gasteiger partial charge < -0.3 is 4.74 Å². The topological polar surface area (TPSA) is 93.5 Å². The molecule has 0 aromatic heterocycles. The molecule has 0 amide bonds. The summed E-state index contributed by atoms with van der Waals surface area (Å²) in [6.45, 7) is 8.63. The molecule has 1 N–H and O–H groups in total. The molecular weight excluding hydrogens is 374 g/mol. The van der Waals surface area contributed by atoms with Crippen LogP contribution in [0.4, 0.5) is 0 Å². The van der Waals surface area contributed by atoms with Gasteiger partial charge in [-0.1, -0.05) is 44.7 Å². The molecule has 0 spiro atoms. The number of allylic oxidation sites excluding steroid dienone is 1. The second-order valence-electron chi connectivity index (χ2n) is 4.99. The van der Waals surface area contributed by atoms with Crippen molar-refractivity contribution in [1.82, 2.24) is 0 Å². The van der Waals surface area contributed by atoms with Gasteiger partial charge >= 0.3 is 5.97 Å². The molecule has 0 radical (unpaired) electrons. The molecule has 26 heavy (non-hydrogen) atoms. The summed E-state index contributed by atoms with van der Waals surface area (Å²) in [5.41, 5.74) is 0.580. The van der Waals surface area contributed by atoms with Gasteiger partial charge in [0.15, 0.2) is 8.77 Å². The lowest BCUT2D eigenvalue weighted by atomic mass is 9.95. The van der Waals surface area contributed by atoms with Crippen LogP contribution in [0.5, 0.6) is 0 Å². The summed E-state index contributed by atoms with van der Waals surface area (Å²) in [7, 11) is -3.38. The fourth-order valence-electron chi connectivity index (χ4n) is 1.99. The van der Waals surface area contributed by atoms with Crippen molar-refractivity contribution >= 4 is 42.3 Å². The lowest BCUT2D eigenvalue weighted by molar-refractivity contribution is -0.139. The maximum atomic E-state index is 12.7. The van der Waals surface area contributed by atoms with Crippen LogP contribution >= 0.6 is 0 Å². The molecule has 1 unspecified atom stereocenters. The largest absolute Gasteiger partial charge is 0.460 e. The fraction of sp³-hybridized carbons (Fsp3) is 0.278. The Morgan fingerprint density at radius 1 is 1.23 bits per heavy atom. The van der Waals surface area contributed by atoms with Crippen LogP contribution in [0.25, 0.3) is 4.91 Å². The third-order valence-corrected chi connectivity index (χ3v) is 5.31. The minimum absolute atomic E-state index is 0.101. The summed E-state index contributed by atoms with van der Waals surface area (Å²) in [6.07, 6.45) is 1.17. The van der Waals surface area contributed by atoms with Gasteiger partial charge in [0.1, 0.15) is 12.3 Å². The van der Waals surface area contributed by atoms with Crippen LogP contribution in [0.15, 0.2) is 42.5 Å². The molecule has 1 aliphatic rings. The summed E-state index contributed by atoms with van der Waals surface area (Å²) in [5.74, 6) is -1.04. The number of carbonyl (C=O) groups is 2. The highest BCUT2D eigenvalue weighted by Gasteiger charge is 2.28. The first-order chi connectivity index (χ1) is 12.2. The molecule has 1 aromatic rings. The number of rotatable bonds is 6. The number of ether oxygens (including phenoxy) is 1. The molecule has 0 fully saturated rings. The van der Waals surface area contributed by atoms with E-state index in [0.717, 1.165) is 0 Å². The molecule has 6 nitrogen and oxygen atoms in total. The van der Waals surface area contributed by atoms with E-state index in [-0.39, 0.29) is 35.0 Å². The first-order valence-electron chi connectivity index (χ1n) is 7.90. The van der Waals surface area contributed by atoms with Crippen molar-refractivity contribution in [3.8, 4) is 0 Å². The van der Waals surface area contributed by atoms with Gasteiger partial charge in [-0.25, -0.2) is 9.00 Å². The monoisotopic (exact) mass is 395 g/mol. The van der Waals surface area contributed by atoms with E-state index >= 15 is 0 Å². The minimum atomic E-state index is -3.38. The maximum absolute atomic E-state index is 12.7. The number of esters is 1. The lowest BCUT2D eigenvalue weighted by Crippen LogP contribution is -2.22. The van der Waals surface area contributed by atoms with Crippen LogP contribution in [-0.2, 0) is 33.7 Å². The Bertz CT molecular complexity index is 869. The van der Waals surface area contributed by atoms with Crippen LogP contribution in [-0.4, -0.2) is 34.9 Å². The van der Waals surface area contributed by atoms with Crippen LogP contribution in [0.2, 0.25) is 0 Å². The number of hydrogen-bond donors (Lipinski definition) is 1. The Hall–Kier alpha value is -2.16. The Morgan fingerprint density at radius 2 is 1.81 bits per heavy atom. The van der Waals surface area contributed by atoms with Crippen molar-refractivity contribution in [2.75, 3.05) is 13.2 Å². The van der Waals surface area contributed by atoms with Crippen LogP contribution in [0.3, 0.4) is 0 Å². The van der Waals surface area contributed by atoms with E-state index in [1.54, 1.807) is 24.3 Å². The molecule has 0 bridgehead atoms. The summed E-state index contributed by atoms with van der Waals surface area (Å²) >= 11 is 5.03. The maximum Gasteiger partial charge on any atom is 0.333 e. The number of fused-ring (bicyclic) bond motifs is 1. The van der Waals surface area contributed by atoms with E-state index in [1.807, 2.05) is 13.8 Å². The van der Waals surface area contributed by atoms with Crippen LogP contribution < -0.4 is 0 Å². The van der Waals surface area contributed by atoms with Crippen LogP contribution in [0.1, 0.15) is 36.7 Å². The van der Waals surface area contributed by atoms with Crippen molar-refractivity contribution in [2.45, 2.75) is 20.8 Å². The van der Waals surface area contributed by atoms with E-state index < -0.39 is 20.5 Å². The number of nitrogens with one attached hydrogen (secondary N) is 1. The molecule has 0 saturated heterocycles. The van der Waals surface area contributed by atoms with E-state index in [1.165, 1.54) is 13.0 Å². The average molecular weight is 396 g/mol. The number of benzene rings is 1. The second-order valence-corrected chi connectivity index (χ2v) is 7.89. The Balaban J connectivity index is 0.00000163. The summed E-state index contributed by atoms with van der Waals surface area (Å²) in [4.78, 5) is 23.3. The SMILES string of the molecule is C=C(C)C(=O)OCCOS(=O)(=S)C1=CC(=N)C(=O)c2ccccc21.CC. The fourth-order valence-corrected chi connectivity index (χ4v) is 3.73. The van der Waals surface area contributed by atoms with Gasteiger partial charge in [0.05, 0.1) is 11.5 Å². The smallest absolute Gasteiger partial charge is 0.333 e. The predicted octanol–water partition coefficient (Wildman–Crippen LogP) is 3.07. The highest BCUT2D eigenvalue weighted by atomic mass is 32.8. The van der Waals surface area contributed by atoms with Crippen LogP contribution in [0, 0.1) is 5.41 Å². The summed E-state index contributed by atoms with van der Waals surface area (Å²) in [6, 6.07) is 6.46. The van der Waals surface area contributed by atoms with E-state index in [4.69, 9.17) is 25.5 Å². The van der Waals surface area contributed by atoms with E-state index in [2.05, 4.69) is 6.58 Å². The van der Waals surface area contributed by atoms with Gasteiger partial charge in [-0.3, -0.25) is 14.4 Å². The molecule has 140 valence electrons. The van der Waals surface area contributed by atoms with Crippen molar-refractivity contribution in [1.29, 1.82) is 5.41 Å². The van der Waals surface area contributed by atoms with Gasteiger partial charge in [-0.05, 0) is 13.0 Å². The first-order valence-corrected chi connectivity index (χ1v) is 10.3. The molecule has 1 aromatic carbocycles. The Kier molecular flexibility index (Phi) is 8.01. The van der Waals surface area contributed by atoms with Gasteiger partial charge in [0.25, 0.3) is 0 Å². The van der Waals surface area contributed by atoms with Crippen molar-refractivity contribution < 1.29 is 22.7 Å². The molecule has 2 rings (SSSR count). The molecule has 8 heteroatoms. The zero-order chi connectivity index (χ0) is 19.9. The molecule has 0 aliphatic heterocycles. The summed E-state index contributed by atoms with van der Waals surface area (Å²) < 4.78 is 22.7. The van der Waals surface area contributed by atoms with Gasteiger partial charge in [-0.2, -0.15) is 0 Å². The summed E-state index contributed by atoms with van der Waals surface area (Å²) in [5, 5.41) is 7.72. The molecule has 0 saturated carbocycles. The first kappa shape index (κ1) is 21.9. The third-order valence-electron chi connectivity index (χ3n) is 3.13. The standard InChI is InChI=1S/C16H15NO5S2.C2H6/c1-10(2)16(19)21-7-8-22-24(20,23)14-9-13(17)15(18)12-6-4-3-5-11(12)14;1-2/h3-6,9,17H,1,7-8H2,2H3;1-2H3. The number of carbonyl (C=O) groups excluding carboxylic acids is 2. The Morgan fingerprint density at radius 3 is 2.38 bits per heavy atom. The normalized spacial score (nSPS) is 15.0. The van der Waals surface area contributed by atoms with Crippen molar-refractivity contribution in [3.63, 3.8) is 0 Å². The van der Waals surface area contributed by atoms with Gasteiger partial charge in [0.2, 0.25) is 5.78 Å². The van der Waals surface area contributed by atoms with Crippen molar-refractivity contribution in [2.24, 2.45) is 0 Å².